The molecule has 0 bridgehead atoms. The van der Waals surface area contributed by atoms with E-state index in [9.17, 15) is 0 Å². The number of ether oxygens (including phenoxy) is 1. The van der Waals surface area contributed by atoms with E-state index in [1.807, 2.05) is 0 Å². The SMILES string of the molecule is c1cc2c(cc1CC1CCNC1)CCO2. The number of benzene rings is 1. The van der Waals surface area contributed by atoms with Crippen molar-refractivity contribution < 1.29 is 4.74 Å². The zero-order chi connectivity index (χ0) is 10.1. The van der Waals surface area contributed by atoms with Gasteiger partial charge in [0.1, 0.15) is 5.75 Å². The third-order valence-electron chi connectivity index (χ3n) is 3.44. The predicted molar refractivity (Wildman–Crippen MR) is 60.3 cm³/mol. The van der Waals surface area contributed by atoms with E-state index in [0.29, 0.717) is 0 Å². The van der Waals surface area contributed by atoms with E-state index in [-0.39, 0.29) is 0 Å². The van der Waals surface area contributed by atoms with Gasteiger partial charge in [-0.1, -0.05) is 12.1 Å². The number of fused-ring (bicyclic) bond motifs is 1. The molecule has 0 aliphatic carbocycles. The molecule has 1 atom stereocenters. The fourth-order valence-electron chi connectivity index (χ4n) is 2.59. The monoisotopic (exact) mass is 203 g/mol. The third-order valence-corrected chi connectivity index (χ3v) is 3.44. The molecule has 0 amide bonds. The summed E-state index contributed by atoms with van der Waals surface area (Å²) in [4.78, 5) is 0. The quantitative estimate of drug-likeness (QED) is 0.791. The summed E-state index contributed by atoms with van der Waals surface area (Å²) in [7, 11) is 0. The smallest absolute Gasteiger partial charge is 0.122 e. The summed E-state index contributed by atoms with van der Waals surface area (Å²) >= 11 is 0. The van der Waals surface area contributed by atoms with Crippen molar-refractivity contribution in [2.24, 2.45) is 5.92 Å². The summed E-state index contributed by atoms with van der Waals surface area (Å²) < 4.78 is 5.51. The van der Waals surface area contributed by atoms with Crippen molar-refractivity contribution >= 4 is 0 Å². The molecule has 2 heterocycles. The van der Waals surface area contributed by atoms with Crippen LogP contribution in [0.25, 0.3) is 0 Å². The highest BCUT2D eigenvalue weighted by Gasteiger charge is 2.17. The summed E-state index contributed by atoms with van der Waals surface area (Å²) in [5, 5.41) is 3.42. The van der Waals surface area contributed by atoms with Crippen molar-refractivity contribution in [1.82, 2.24) is 5.32 Å². The summed E-state index contributed by atoms with van der Waals surface area (Å²) in [6.45, 7) is 3.25. The Balaban J connectivity index is 1.75. The zero-order valence-electron chi connectivity index (χ0n) is 8.96. The van der Waals surface area contributed by atoms with Crippen LogP contribution < -0.4 is 10.1 Å². The molecule has 1 unspecified atom stereocenters. The maximum Gasteiger partial charge on any atom is 0.122 e. The van der Waals surface area contributed by atoms with Gasteiger partial charge in [0.05, 0.1) is 6.61 Å². The Bertz CT molecular complexity index is 356. The van der Waals surface area contributed by atoms with E-state index in [4.69, 9.17) is 4.74 Å². The molecule has 2 aliphatic heterocycles. The van der Waals surface area contributed by atoms with Gasteiger partial charge in [-0.2, -0.15) is 0 Å². The summed E-state index contributed by atoms with van der Waals surface area (Å²) in [5.74, 6) is 1.94. The minimum Gasteiger partial charge on any atom is -0.493 e. The molecule has 1 aromatic carbocycles. The van der Waals surface area contributed by atoms with Crippen LogP contribution in [0.3, 0.4) is 0 Å². The lowest BCUT2D eigenvalue weighted by molar-refractivity contribution is 0.357. The highest BCUT2D eigenvalue weighted by molar-refractivity contribution is 5.39. The van der Waals surface area contributed by atoms with Gasteiger partial charge in [0.25, 0.3) is 0 Å². The van der Waals surface area contributed by atoms with E-state index in [1.165, 1.54) is 37.1 Å². The minimum atomic E-state index is 0.838. The Hall–Kier alpha value is -1.02. The molecular formula is C13H17NO. The van der Waals surface area contributed by atoms with Crippen LogP contribution in [0.15, 0.2) is 18.2 Å². The molecule has 0 radical (unpaired) electrons. The Kier molecular flexibility index (Phi) is 2.37. The van der Waals surface area contributed by atoms with Crippen molar-refractivity contribution in [2.45, 2.75) is 19.3 Å². The highest BCUT2D eigenvalue weighted by Crippen LogP contribution is 2.27. The Labute approximate surface area is 90.6 Å². The molecule has 3 rings (SSSR count). The standard InChI is InChI=1S/C13H17NO/c1-2-13-12(4-6-15-13)8-10(1)7-11-3-5-14-9-11/h1-2,8,11,14H,3-7,9H2. The first-order valence-corrected chi connectivity index (χ1v) is 5.87. The Morgan fingerprint density at radius 3 is 3.27 bits per heavy atom. The molecule has 1 fully saturated rings. The maximum absolute atomic E-state index is 5.51. The van der Waals surface area contributed by atoms with Gasteiger partial charge in [0.15, 0.2) is 0 Å². The first kappa shape index (κ1) is 9.22. The average Bonchev–Trinajstić information content (AvgIpc) is 2.87. The fourth-order valence-corrected chi connectivity index (χ4v) is 2.59. The van der Waals surface area contributed by atoms with Gasteiger partial charge in [0.2, 0.25) is 0 Å². The normalized spacial score (nSPS) is 23.9. The maximum atomic E-state index is 5.51. The first-order valence-electron chi connectivity index (χ1n) is 5.87. The van der Waals surface area contributed by atoms with Crippen LogP contribution in [0.1, 0.15) is 17.5 Å². The van der Waals surface area contributed by atoms with Crippen LogP contribution in [-0.2, 0) is 12.8 Å². The molecule has 2 nitrogen and oxygen atoms in total. The highest BCUT2D eigenvalue weighted by atomic mass is 16.5. The number of hydrogen-bond donors (Lipinski definition) is 1. The van der Waals surface area contributed by atoms with E-state index in [0.717, 1.165) is 24.7 Å². The van der Waals surface area contributed by atoms with Gasteiger partial charge in [-0.3, -0.25) is 0 Å². The summed E-state index contributed by atoms with van der Waals surface area (Å²) in [5.41, 5.74) is 2.88. The van der Waals surface area contributed by atoms with E-state index < -0.39 is 0 Å². The molecule has 1 aromatic rings. The molecule has 2 aliphatic rings. The van der Waals surface area contributed by atoms with Crippen LogP contribution in [0.4, 0.5) is 0 Å². The second-order valence-corrected chi connectivity index (χ2v) is 4.60. The lowest BCUT2D eigenvalue weighted by atomic mass is 9.97. The topological polar surface area (TPSA) is 21.3 Å². The van der Waals surface area contributed by atoms with Gasteiger partial charge >= 0.3 is 0 Å². The average molecular weight is 203 g/mol. The van der Waals surface area contributed by atoms with Crippen LogP contribution in [0, 0.1) is 5.92 Å². The number of nitrogens with one attached hydrogen (secondary N) is 1. The van der Waals surface area contributed by atoms with Gasteiger partial charge in [0, 0.05) is 6.42 Å². The van der Waals surface area contributed by atoms with E-state index in [1.54, 1.807) is 0 Å². The molecule has 15 heavy (non-hydrogen) atoms. The van der Waals surface area contributed by atoms with Crippen molar-refractivity contribution in [3.8, 4) is 5.75 Å². The Morgan fingerprint density at radius 1 is 1.40 bits per heavy atom. The van der Waals surface area contributed by atoms with Crippen LogP contribution >= 0.6 is 0 Å². The van der Waals surface area contributed by atoms with Crippen molar-refractivity contribution in [2.75, 3.05) is 19.7 Å². The largest absolute Gasteiger partial charge is 0.493 e. The molecule has 2 heteroatoms. The molecule has 0 saturated carbocycles. The van der Waals surface area contributed by atoms with Crippen molar-refractivity contribution in [3.63, 3.8) is 0 Å². The van der Waals surface area contributed by atoms with Gasteiger partial charge < -0.3 is 10.1 Å². The van der Waals surface area contributed by atoms with Crippen LogP contribution in [-0.4, -0.2) is 19.7 Å². The van der Waals surface area contributed by atoms with Crippen LogP contribution in [0.5, 0.6) is 5.75 Å². The van der Waals surface area contributed by atoms with Gasteiger partial charge in [-0.05, 0) is 49.0 Å². The van der Waals surface area contributed by atoms with Gasteiger partial charge in [-0.15, -0.1) is 0 Å². The number of hydrogen-bond acceptors (Lipinski definition) is 2. The van der Waals surface area contributed by atoms with E-state index >= 15 is 0 Å². The third kappa shape index (κ3) is 1.86. The molecule has 80 valence electrons. The second-order valence-electron chi connectivity index (χ2n) is 4.60. The fraction of sp³-hybridized carbons (Fsp3) is 0.538. The summed E-state index contributed by atoms with van der Waals surface area (Å²) in [6.07, 6.45) is 3.64. The molecule has 1 saturated heterocycles. The summed E-state index contributed by atoms with van der Waals surface area (Å²) in [6, 6.07) is 6.70. The van der Waals surface area contributed by atoms with E-state index in [2.05, 4.69) is 23.5 Å². The predicted octanol–water partition coefficient (Wildman–Crippen LogP) is 1.77. The second kappa shape index (κ2) is 3.86. The number of rotatable bonds is 2. The van der Waals surface area contributed by atoms with Crippen molar-refractivity contribution in [1.29, 1.82) is 0 Å². The lowest BCUT2D eigenvalue weighted by Gasteiger charge is -2.09. The lowest BCUT2D eigenvalue weighted by Crippen LogP contribution is -2.10. The minimum absolute atomic E-state index is 0.838. The van der Waals surface area contributed by atoms with Crippen molar-refractivity contribution in [3.05, 3.63) is 29.3 Å². The Morgan fingerprint density at radius 2 is 2.40 bits per heavy atom. The molecular weight excluding hydrogens is 186 g/mol. The molecule has 0 aromatic heterocycles. The van der Waals surface area contributed by atoms with Gasteiger partial charge in [-0.25, -0.2) is 0 Å². The zero-order valence-corrected chi connectivity index (χ0v) is 8.96. The molecule has 1 N–H and O–H groups in total. The molecule has 0 spiro atoms. The van der Waals surface area contributed by atoms with Crippen LogP contribution in [0.2, 0.25) is 0 Å². The first-order chi connectivity index (χ1) is 7.42.